The van der Waals surface area contributed by atoms with Crippen LogP contribution < -0.4 is 0 Å². The van der Waals surface area contributed by atoms with Crippen LogP contribution in [0.15, 0.2) is 40.2 Å². The van der Waals surface area contributed by atoms with Crippen LogP contribution in [0.2, 0.25) is 0 Å². The second-order valence-corrected chi connectivity index (χ2v) is 4.51. The number of halogens is 1. The molecule has 0 spiro atoms. The van der Waals surface area contributed by atoms with Gasteiger partial charge < -0.3 is 9.63 Å². The number of aromatic nitrogens is 2. The lowest BCUT2D eigenvalue weighted by atomic mass is 10.2. The van der Waals surface area contributed by atoms with Crippen molar-refractivity contribution in [2.24, 2.45) is 0 Å². The van der Waals surface area contributed by atoms with Crippen molar-refractivity contribution in [2.45, 2.75) is 0 Å². The molecule has 4 nitrogen and oxygen atoms in total. The quantitative estimate of drug-likeness (QED) is 0.769. The molecule has 90 valence electrons. The van der Waals surface area contributed by atoms with Gasteiger partial charge in [-0.25, -0.2) is 4.39 Å². The molecular formula is C12H7FN2O2S. The number of phenols is 1. The van der Waals surface area contributed by atoms with E-state index in [2.05, 4.69) is 10.1 Å². The van der Waals surface area contributed by atoms with Crippen molar-refractivity contribution in [1.29, 1.82) is 0 Å². The van der Waals surface area contributed by atoms with E-state index in [9.17, 15) is 9.50 Å². The molecule has 0 amide bonds. The zero-order valence-corrected chi connectivity index (χ0v) is 9.82. The van der Waals surface area contributed by atoms with Crippen LogP contribution >= 0.6 is 11.3 Å². The van der Waals surface area contributed by atoms with Crippen LogP contribution in [0, 0.1) is 5.82 Å². The largest absolute Gasteiger partial charge is 0.507 e. The summed E-state index contributed by atoms with van der Waals surface area (Å²) >= 11 is 1.48. The van der Waals surface area contributed by atoms with Gasteiger partial charge in [-0.05, 0) is 23.6 Å². The summed E-state index contributed by atoms with van der Waals surface area (Å²) in [5.41, 5.74) is 0.312. The molecule has 2 aromatic heterocycles. The molecule has 0 aliphatic heterocycles. The van der Waals surface area contributed by atoms with Gasteiger partial charge in [0.05, 0.1) is 10.4 Å². The minimum atomic E-state index is -0.519. The van der Waals surface area contributed by atoms with E-state index >= 15 is 0 Å². The van der Waals surface area contributed by atoms with Crippen molar-refractivity contribution in [3.8, 4) is 27.9 Å². The number of thiophene rings is 1. The van der Waals surface area contributed by atoms with Gasteiger partial charge in [0.15, 0.2) is 0 Å². The summed E-state index contributed by atoms with van der Waals surface area (Å²) in [6, 6.07) is 7.38. The molecule has 2 heterocycles. The predicted molar refractivity (Wildman–Crippen MR) is 64.7 cm³/mol. The van der Waals surface area contributed by atoms with E-state index in [0.717, 1.165) is 10.9 Å². The molecule has 0 fully saturated rings. The van der Waals surface area contributed by atoms with Crippen molar-refractivity contribution in [3.63, 3.8) is 0 Å². The standard InChI is InChI=1S/C12H7FN2O2S/c13-7-3-4-8(9(16)6-7)12-14-11(15-17-12)10-2-1-5-18-10/h1-6,16H. The van der Waals surface area contributed by atoms with Crippen LogP contribution in [-0.2, 0) is 0 Å². The van der Waals surface area contributed by atoms with Gasteiger partial charge in [0.1, 0.15) is 11.6 Å². The summed E-state index contributed by atoms with van der Waals surface area (Å²) in [6.45, 7) is 0. The molecule has 0 unspecified atom stereocenters. The van der Waals surface area contributed by atoms with Crippen molar-refractivity contribution in [2.75, 3.05) is 0 Å². The minimum Gasteiger partial charge on any atom is -0.507 e. The molecule has 1 aromatic carbocycles. The highest BCUT2D eigenvalue weighted by atomic mass is 32.1. The average molecular weight is 262 g/mol. The Morgan fingerprint density at radius 1 is 1.28 bits per heavy atom. The smallest absolute Gasteiger partial charge is 0.262 e. The third-order valence-electron chi connectivity index (χ3n) is 2.36. The summed E-state index contributed by atoms with van der Waals surface area (Å²) in [7, 11) is 0. The first kappa shape index (κ1) is 10.9. The zero-order valence-electron chi connectivity index (χ0n) is 9.00. The van der Waals surface area contributed by atoms with Crippen molar-refractivity contribution < 1.29 is 14.0 Å². The highest BCUT2D eigenvalue weighted by Gasteiger charge is 2.14. The normalized spacial score (nSPS) is 10.7. The molecular weight excluding hydrogens is 255 g/mol. The SMILES string of the molecule is Oc1cc(F)ccc1-c1nc(-c2cccs2)no1. The zero-order chi connectivity index (χ0) is 12.5. The Hall–Kier alpha value is -2.21. The summed E-state index contributed by atoms with van der Waals surface area (Å²) in [6.07, 6.45) is 0. The monoisotopic (exact) mass is 262 g/mol. The van der Waals surface area contributed by atoms with Crippen LogP contribution in [-0.4, -0.2) is 15.2 Å². The fraction of sp³-hybridized carbons (Fsp3) is 0. The molecule has 0 atom stereocenters. The molecule has 0 saturated carbocycles. The summed E-state index contributed by atoms with van der Waals surface area (Å²) in [5, 5.41) is 15.3. The first-order valence-electron chi connectivity index (χ1n) is 5.10. The predicted octanol–water partition coefficient (Wildman–Crippen LogP) is 3.31. The molecule has 18 heavy (non-hydrogen) atoms. The molecule has 0 radical (unpaired) electrons. The molecule has 3 aromatic rings. The van der Waals surface area contributed by atoms with Crippen LogP contribution in [0.4, 0.5) is 4.39 Å². The number of aromatic hydroxyl groups is 1. The van der Waals surface area contributed by atoms with Gasteiger partial charge in [-0.3, -0.25) is 0 Å². The van der Waals surface area contributed by atoms with E-state index in [-0.39, 0.29) is 11.6 Å². The number of hydrogen-bond donors (Lipinski definition) is 1. The molecule has 6 heteroatoms. The fourth-order valence-electron chi connectivity index (χ4n) is 1.52. The molecule has 0 aliphatic rings. The van der Waals surface area contributed by atoms with Crippen LogP contribution in [0.3, 0.4) is 0 Å². The van der Waals surface area contributed by atoms with Gasteiger partial charge in [-0.2, -0.15) is 4.98 Å². The van der Waals surface area contributed by atoms with Crippen LogP contribution in [0.5, 0.6) is 5.75 Å². The highest BCUT2D eigenvalue weighted by Crippen LogP contribution is 2.30. The maximum atomic E-state index is 12.9. The van der Waals surface area contributed by atoms with E-state index in [4.69, 9.17) is 4.52 Å². The topological polar surface area (TPSA) is 59.2 Å². The van der Waals surface area contributed by atoms with E-state index in [1.165, 1.54) is 23.5 Å². The van der Waals surface area contributed by atoms with Gasteiger partial charge in [-0.15, -0.1) is 11.3 Å². The van der Waals surface area contributed by atoms with Gasteiger partial charge >= 0.3 is 0 Å². The van der Waals surface area contributed by atoms with E-state index in [1.807, 2.05) is 17.5 Å². The number of benzene rings is 1. The van der Waals surface area contributed by atoms with Crippen molar-refractivity contribution in [3.05, 3.63) is 41.5 Å². The van der Waals surface area contributed by atoms with Crippen LogP contribution in [0.1, 0.15) is 0 Å². The summed E-state index contributed by atoms with van der Waals surface area (Å²) < 4.78 is 17.9. The number of phenolic OH excluding ortho intramolecular Hbond substituents is 1. The molecule has 0 bridgehead atoms. The Bertz CT molecular complexity index is 679. The van der Waals surface area contributed by atoms with Gasteiger partial charge in [0.25, 0.3) is 5.89 Å². The van der Waals surface area contributed by atoms with Crippen molar-refractivity contribution in [1.82, 2.24) is 10.1 Å². The number of nitrogens with zero attached hydrogens (tertiary/aromatic N) is 2. The fourth-order valence-corrected chi connectivity index (χ4v) is 2.17. The maximum Gasteiger partial charge on any atom is 0.262 e. The first-order chi connectivity index (χ1) is 8.74. The average Bonchev–Trinajstić information content (AvgIpc) is 2.99. The Morgan fingerprint density at radius 2 is 2.17 bits per heavy atom. The van der Waals surface area contributed by atoms with E-state index < -0.39 is 5.82 Å². The summed E-state index contributed by atoms with van der Waals surface area (Å²) in [5.74, 6) is -0.134. The van der Waals surface area contributed by atoms with Gasteiger partial charge in [0, 0.05) is 6.07 Å². The Morgan fingerprint density at radius 3 is 2.89 bits per heavy atom. The number of hydrogen-bond acceptors (Lipinski definition) is 5. The third kappa shape index (κ3) is 1.86. The second kappa shape index (κ2) is 4.23. The van der Waals surface area contributed by atoms with Crippen LogP contribution in [0.25, 0.3) is 22.2 Å². The van der Waals surface area contributed by atoms with E-state index in [0.29, 0.717) is 11.4 Å². The highest BCUT2D eigenvalue weighted by molar-refractivity contribution is 7.13. The van der Waals surface area contributed by atoms with Crippen molar-refractivity contribution >= 4 is 11.3 Å². The van der Waals surface area contributed by atoms with E-state index in [1.54, 1.807) is 0 Å². The molecule has 0 aliphatic carbocycles. The maximum absolute atomic E-state index is 12.9. The Labute approximate surface area is 105 Å². The van der Waals surface area contributed by atoms with Gasteiger partial charge in [0.2, 0.25) is 5.82 Å². The summed E-state index contributed by atoms with van der Waals surface area (Å²) in [4.78, 5) is 5.03. The number of rotatable bonds is 2. The lowest BCUT2D eigenvalue weighted by Gasteiger charge is -1.97. The molecule has 3 rings (SSSR count). The second-order valence-electron chi connectivity index (χ2n) is 3.56. The lowest BCUT2D eigenvalue weighted by Crippen LogP contribution is -1.81. The third-order valence-corrected chi connectivity index (χ3v) is 3.22. The minimum absolute atomic E-state index is 0.163. The van der Waals surface area contributed by atoms with Gasteiger partial charge in [-0.1, -0.05) is 11.2 Å². The Kier molecular flexibility index (Phi) is 2.56. The first-order valence-corrected chi connectivity index (χ1v) is 5.98. The molecule has 0 saturated heterocycles. The Balaban J connectivity index is 2.03. The molecule has 1 N–H and O–H groups in total. The lowest BCUT2D eigenvalue weighted by molar-refractivity contribution is 0.425.